The van der Waals surface area contributed by atoms with Crippen LogP contribution < -0.4 is 0 Å². The molecule has 4 atom stereocenters. The number of aromatic nitrogens is 4. The van der Waals surface area contributed by atoms with Gasteiger partial charge in [0.1, 0.15) is 22.9 Å². The van der Waals surface area contributed by atoms with Gasteiger partial charge in [-0.3, -0.25) is 9.80 Å². The van der Waals surface area contributed by atoms with Crippen molar-refractivity contribution in [2.24, 2.45) is 11.3 Å². The minimum absolute atomic E-state index is 0.0356. The zero-order valence-electron chi connectivity index (χ0n) is 33.2. The number of nitrogens with one attached hydrogen (secondary N) is 2. The third-order valence-electron chi connectivity index (χ3n) is 12.6. The summed E-state index contributed by atoms with van der Waals surface area (Å²) in [6, 6.07) is 15.9. The highest BCUT2D eigenvalue weighted by molar-refractivity contribution is 5.87. The SMILES string of the molecule is CC(C)(C)OC(=O)N1C2CCC(C2)C1c1nc2ccc(-c3ccc4c(c3)C(F)(F)c3cc(-c5cnc([C@@H]6CC7(CC7)CN6C(=O)OC(C)(C)C)[nH]5)ccc3-4)cc2[nH]1. The molecule has 4 fully saturated rings. The number of amides is 2. The van der Waals surface area contributed by atoms with Gasteiger partial charge in [0.15, 0.2) is 0 Å². The summed E-state index contributed by atoms with van der Waals surface area (Å²) in [5.74, 6) is -1.56. The van der Waals surface area contributed by atoms with Crippen LogP contribution >= 0.6 is 0 Å². The predicted octanol–water partition coefficient (Wildman–Crippen LogP) is 10.7. The Morgan fingerprint density at radius 3 is 2.16 bits per heavy atom. The van der Waals surface area contributed by atoms with E-state index in [1.54, 1.807) is 35.4 Å². The van der Waals surface area contributed by atoms with E-state index in [1.807, 2.05) is 76.8 Å². The number of aromatic amines is 2. The summed E-state index contributed by atoms with van der Waals surface area (Å²) in [4.78, 5) is 46.6. The van der Waals surface area contributed by atoms with E-state index in [-0.39, 0.29) is 46.9 Å². The van der Waals surface area contributed by atoms with E-state index < -0.39 is 17.1 Å². The second kappa shape index (κ2) is 12.1. The summed E-state index contributed by atoms with van der Waals surface area (Å²) >= 11 is 0. The maximum atomic E-state index is 16.5. The first-order valence-corrected chi connectivity index (χ1v) is 20.2. The minimum Gasteiger partial charge on any atom is -0.444 e. The van der Waals surface area contributed by atoms with E-state index >= 15 is 8.78 Å². The smallest absolute Gasteiger partial charge is 0.411 e. The van der Waals surface area contributed by atoms with Crippen LogP contribution in [0.2, 0.25) is 0 Å². The first kappa shape index (κ1) is 36.1. The maximum absolute atomic E-state index is 16.5. The molecule has 57 heavy (non-hydrogen) atoms. The average Bonchev–Trinajstić information content (AvgIpc) is 3.78. The number of alkyl halides is 2. The quantitative estimate of drug-likeness (QED) is 0.188. The molecule has 296 valence electrons. The highest BCUT2D eigenvalue weighted by Crippen LogP contribution is 2.59. The molecule has 10 nitrogen and oxygen atoms in total. The molecule has 4 heterocycles. The van der Waals surface area contributed by atoms with Crippen molar-refractivity contribution in [1.82, 2.24) is 29.7 Å². The van der Waals surface area contributed by atoms with E-state index in [4.69, 9.17) is 14.5 Å². The molecule has 2 aromatic heterocycles. The Balaban J connectivity index is 0.910. The van der Waals surface area contributed by atoms with Crippen LogP contribution in [0, 0.1) is 11.3 Å². The van der Waals surface area contributed by atoms with Crippen molar-refractivity contribution in [2.45, 2.75) is 115 Å². The van der Waals surface area contributed by atoms with Crippen molar-refractivity contribution in [1.29, 1.82) is 0 Å². The van der Waals surface area contributed by atoms with Crippen molar-refractivity contribution in [3.8, 4) is 33.5 Å². The van der Waals surface area contributed by atoms with Gasteiger partial charge in [0.2, 0.25) is 0 Å². The fraction of sp³-hybridized carbons (Fsp3) is 0.467. The number of carbonyl (C=O) groups excluding carboxylic acids is 2. The summed E-state index contributed by atoms with van der Waals surface area (Å²) in [7, 11) is 0. The molecule has 2 saturated heterocycles. The molecule has 3 aliphatic carbocycles. The number of rotatable bonds is 4. The fourth-order valence-corrected chi connectivity index (χ4v) is 9.84. The van der Waals surface area contributed by atoms with Crippen LogP contribution in [-0.4, -0.2) is 65.7 Å². The summed E-state index contributed by atoms with van der Waals surface area (Å²) in [6.07, 6.45) is 6.83. The highest BCUT2D eigenvalue weighted by atomic mass is 19.3. The van der Waals surface area contributed by atoms with Gasteiger partial charge in [-0.25, -0.2) is 19.6 Å². The van der Waals surface area contributed by atoms with Gasteiger partial charge in [0.05, 0.1) is 35.0 Å². The van der Waals surface area contributed by atoms with E-state index in [1.165, 1.54) is 0 Å². The molecule has 5 aromatic rings. The molecule has 12 heteroatoms. The van der Waals surface area contributed by atoms with Crippen molar-refractivity contribution < 1.29 is 27.8 Å². The Morgan fingerprint density at radius 1 is 0.807 bits per heavy atom. The van der Waals surface area contributed by atoms with E-state index in [0.717, 1.165) is 60.9 Å². The second-order valence-corrected chi connectivity index (χ2v) is 19.0. The molecule has 2 saturated carbocycles. The summed E-state index contributed by atoms with van der Waals surface area (Å²) < 4.78 is 44.5. The number of piperidine rings is 1. The summed E-state index contributed by atoms with van der Waals surface area (Å²) in [5, 5.41) is 0. The molecule has 2 aliphatic heterocycles. The van der Waals surface area contributed by atoms with Crippen molar-refractivity contribution in [2.75, 3.05) is 6.54 Å². The molecule has 2 N–H and O–H groups in total. The Morgan fingerprint density at radius 2 is 1.46 bits per heavy atom. The molecule has 5 aliphatic rings. The zero-order valence-corrected chi connectivity index (χ0v) is 33.2. The Hall–Kier alpha value is -5.26. The third kappa shape index (κ3) is 6.09. The van der Waals surface area contributed by atoms with Gasteiger partial charge in [-0.2, -0.15) is 8.78 Å². The Bertz CT molecular complexity index is 2470. The molecule has 3 aromatic carbocycles. The van der Waals surface area contributed by atoms with Crippen molar-refractivity contribution >= 4 is 23.2 Å². The van der Waals surface area contributed by atoms with Gasteiger partial charge < -0.3 is 19.4 Å². The topological polar surface area (TPSA) is 116 Å². The molecular formula is C45H48F2N6O4. The predicted molar refractivity (Wildman–Crippen MR) is 211 cm³/mol. The Labute approximate surface area is 330 Å². The van der Waals surface area contributed by atoms with Crippen LogP contribution in [0.5, 0.6) is 0 Å². The second-order valence-electron chi connectivity index (χ2n) is 19.0. The average molecular weight is 775 g/mol. The van der Waals surface area contributed by atoms with E-state index in [0.29, 0.717) is 46.2 Å². The monoisotopic (exact) mass is 774 g/mol. The molecule has 3 unspecified atom stereocenters. The van der Waals surface area contributed by atoms with Crippen LogP contribution in [-0.2, 0) is 15.4 Å². The number of carbonyl (C=O) groups is 2. The highest BCUT2D eigenvalue weighted by Gasteiger charge is 2.55. The first-order valence-electron chi connectivity index (χ1n) is 20.2. The largest absolute Gasteiger partial charge is 0.444 e. The molecule has 0 radical (unpaired) electrons. The molecule has 2 bridgehead atoms. The van der Waals surface area contributed by atoms with E-state index in [9.17, 15) is 9.59 Å². The number of likely N-dealkylation sites (tertiary alicyclic amines) is 2. The number of ether oxygens (including phenoxy) is 2. The normalized spacial score (nSPS) is 24.0. The molecular weight excluding hydrogens is 727 g/mol. The summed E-state index contributed by atoms with van der Waals surface area (Å²) in [6.45, 7) is 11.8. The van der Waals surface area contributed by atoms with Gasteiger partial charge in [-0.05, 0) is 138 Å². The van der Waals surface area contributed by atoms with Crippen molar-refractivity contribution in [3.63, 3.8) is 0 Å². The van der Waals surface area contributed by atoms with Crippen LogP contribution in [0.4, 0.5) is 18.4 Å². The lowest BCUT2D eigenvalue weighted by Gasteiger charge is -2.35. The van der Waals surface area contributed by atoms with Crippen LogP contribution in [0.15, 0.2) is 60.8 Å². The fourth-order valence-electron chi connectivity index (χ4n) is 9.84. The number of hydrogen-bond donors (Lipinski definition) is 2. The standard InChI is InChI=1S/C45H48F2N6O4/c1-42(2,3)56-40(54)52-23-44(15-16-44)21-36(52)38-48-22-35(51-38)26-9-13-30-29-12-8-24(18-31(29)45(46,47)32(30)19-26)25-10-14-33-34(20-25)50-39(49-33)37-27-7-11-28(17-27)53(37)41(55)57-43(4,5)6/h8-10,12-14,18-20,22,27-28,36-37H,7,11,15-17,21,23H2,1-6H3,(H,48,51)(H,49,50)/t27?,28?,36-,37?/m0/s1. The van der Waals surface area contributed by atoms with Crippen LogP contribution in [0.1, 0.15) is 115 Å². The molecule has 1 spiro atoms. The lowest BCUT2D eigenvalue weighted by Crippen LogP contribution is -2.43. The van der Waals surface area contributed by atoms with Crippen molar-refractivity contribution in [3.05, 3.63) is 83.6 Å². The third-order valence-corrected chi connectivity index (χ3v) is 12.6. The minimum atomic E-state index is -3.23. The maximum Gasteiger partial charge on any atom is 0.411 e. The Kier molecular flexibility index (Phi) is 7.68. The van der Waals surface area contributed by atoms with Crippen LogP contribution in [0.25, 0.3) is 44.5 Å². The van der Waals surface area contributed by atoms with Gasteiger partial charge in [0.25, 0.3) is 5.92 Å². The summed E-state index contributed by atoms with van der Waals surface area (Å²) in [5.41, 5.74) is 4.02. The molecule has 10 rings (SSSR count). The number of hydrogen-bond acceptors (Lipinski definition) is 6. The number of benzene rings is 3. The number of fused-ring (bicyclic) bond motifs is 6. The lowest BCUT2D eigenvalue weighted by atomic mass is 9.98. The molecule has 2 amide bonds. The van der Waals surface area contributed by atoms with E-state index in [2.05, 4.69) is 15.0 Å². The zero-order chi connectivity index (χ0) is 39.8. The number of H-pyrrole nitrogens is 2. The van der Waals surface area contributed by atoms with Crippen LogP contribution in [0.3, 0.4) is 0 Å². The van der Waals surface area contributed by atoms with Gasteiger partial charge in [-0.1, -0.05) is 30.3 Å². The van der Waals surface area contributed by atoms with Gasteiger partial charge in [-0.15, -0.1) is 0 Å². The first-order chi connectivity index (χ1) is 27.0. The number of imidazole rings is 2. The number of halogens is 2. The van der Waals surface area contributed by atoms with Gasteiger partial charge >= 0.3 is 12.2 Å². The van der Waals surface area contributed by atoms with Gasteiger partial charge in [0, 0.05) is 29.3 Å². The lowest BCUT2D eigenvalue weighted by molar-refractivity contribution is 0.00615. The number of nitrogens with zero attached hydrogens (tertiary/aromatic N) is 4.